The van der Waals surface area contributed by atoms with Crippen LogP contribution in [0.25, 0.3) is 0 Å². The zero-order valence-corrected chi connectivity index (χ0v) is 14.7. The highest BCUT2D eigenvalue weighted by Gasteiger charge is 2.44. The Labute approximate surface area is 119 Å². The molecular formula is C6H12NO2PS6. The van der Waals surface area contributed by atoms with Crippen LogP contribution in [0.3, 0.4) is 0 Å². The van der Waals surface area contributed by atoms with Gasteiger partial charge in [-0.2, -0.15) is 0 Å². The van der Waals surface area contributed by atoms with Crippen LogP contribution in [-0.4, -0.2) is 39.0 Å². The molecule has 0 saturated carbocycles. The topological polar surface area (TPSA) is 37.4 Å². The molecule has 0 radical (unpaired) electrons. The molecule has 1 aliphatic rings. The summed E-state index contributed by atoms with van der Waals surface area (Å²) < 4.78 is 11.5. The van der Waals surface area contributed by atoms with Crippen molar-refractivity contribution in [1.29, 1.82) is 0 Å². The smallest absolute Gasteiger partial charge is 0.235 e. The average molecular weight is 354 g/mol. The van der Waals surface area contributed by atoms with Gasteiger partial charge in [0.2, 0.25) is 5.91 Å². The second-order valence-electron chi connectivity index (χ2n) is 2.85. The molecule has 1 heterocycles. The largest absolute Gasteiger partial charge is 0.274 e. The Bertz CT molecular complexity index is 340. The molecule has 0 spiro atoms. The van der Waals surface area contributed by atoms with E-state index in [4.69, 9.17) is 11.8 Å². The molecule has 0 aromatic heterocycles. The number of carbonyl (C=O) groups excluding carboxylic acids is 1. The Hall–Kier alpha value is 1.67. The first-order valence-electron chi connectivity index (χ1n) is 4.18. The van der Waals surface area contributed by atoms with Crippen LogP contribution in [0.15, 0.2) is 0 Å². The summed E-state index contributed by atoms with van der Waals surface area (Å²) in [5.74, 6) is -0.0547. The molecule has 1 fully saturated rings. The fourth-order valence-electron chi connectivity index (χ4n) is 1.17. The molecule has 0 N–H and O–H groups in total. The number of carbonyl (C=O) groups is 1. The standard InChI is InChI=1S/C6H12NO2PS6/c1-7-5(8)4-6(16(7)9)10(11,14-12-2)15-13-3/h6H,4H2,1-3H3. The van der Waals surface area contributed by atoms with E-state index in [0.29, 0.717) is 6.42 Å². The van der Waals surface area contributed by atoms with Crippen molar-refractivity contribution in [2.24, 2.45) is 0 Å². The van der Waals surface area contributed by atoms with Gasteiger partial charge in [-0.05, 0) is 33.3 Å². The number of rotatable bonds is 5. The van der Waals surface area contributed by atoms with Crippen LogP contribution in [0.5, 0.6) is 0 Å². The van der Waals surface area contributed by atoms with Crippen LogP contribution >= 0.6 is 46.9 Å². The molecule has 94 valence electrons. The van der Waals surface area contributed by atoms with E-state index >= 15 is 0 Å². The van der Waals surface area contributed by atoms with Crippen molar-refractivity contribution in [3.8, 4) is 0 Å². The minimum absolute atomic E-state index is 0.0547. The maximum atomic E-state index is 12.0. The van der Waals surface area contributed by atoms with Gasteiger partial charge < -0.3 is 0 Å². The molecule has 1 aliphatic heterocycles. The van der Waals surface area contributed by atoms with Gasteiger partial charge in [0.05, 0.1) is 10.9 Å². The van der Waals surface area contributed by atoms with Crippen molar-refractivity contribution in [3.63, 3.8) is 0 Å². The van der Waals surface area contributed by atoms with Gasteiger partial charge in [-0.3, -0.25) is 9.10 Å². The van der Waals surface area contributed by atoms with E-state index in [2.05, 4.69) is 0 Å². The normalized spacial score (nSPS) is 26.4. The third kappa shape index (κ3) is 3.36. The van der Waals surface area contributed by atoms with E-state index in [-0.39, 0.29) is 10.9 Å². The summed E-state index contributed by atoms with van der Waals surface area (Å²) in [6, 6.07) is 0. The molecule has 0 aromatic carbocycles. The molecule has 2 unspecified atom stereocenters. The molecule has 3 nitrogen and oxygen atoms in total. The van der Waals surface area contributed by atoms with Gasteiger partial charge in [0, 0.05) is 7.05 Å². The lowest BCUT2D eigenvalue weighted by molar-refractivity contribution is -0.124. The predicted octanol–water partition coefficient (Wildman–Crippen LogP) is 3.17. The van der Waals surface area contributed by atoms with Crippen molar-refractivity contribution in [2.45, 2.75) is 11.4 Å². The second kappa shape index (κ2) is 6.73. The van der Waals surface area contributed by atoms with E-state index in [1.807, 2.05) is 12.5 Å². The summed E-state index contributed by atoms with van der Waals surface area (Å²) >= 11 is 5.67. The minimum Gasteiger partial charge on any atom is -0.274 e. The summed E-state index contributed by atoms with van der Waals surface area (Å²) in [7, 11) is 6.79. The molecule has 16 heavy (non-hydrogen) atoms. The maximum absolute atomic E-state index is 12.0. The highest BCUT2D eigenvalue weighted by Crippen LogP contribution is 2.80. The van der Waals surface area contributed by atoms with Crippen molar-refractivity contribution in [1.82, 2.24) is 4.31 Å². The Balaban J connectivity index is 2.92. The SMILES string of the molecule is CSSP(=S)(SSC)C1CC(=O)N(C)S1=O. The molecule has 1 rings (SSSR count). The summed E-state index contributed by atoms with van der Waals surface area (Å²) in [6.45, 7) is 0. The molecule has 2 atom stereocenters. The zero-order valence-electron chi connectivity index (χ0n) is 8.94. The Kier molecular flexibility index (Phi) is 6.61. The van der Waals surface area contributed by atoms with Crippen molar-refractivity contribution < 1.29 is 9.00 Å². The number of hydrogen-bond acceptors (Lipinski definition) is 7. The number of nitrogens with zero attached hydrogens (tertiary/aromatic N) is 1. The van der Waals surface area contributed by atoms with E-state index in [9.17, 15) is 9.00 Å². The van der Waals surface area contributed by atoms with E-state index in [1.54, 1.807) is 49.5 Å². The predicted molar refractivity (Wildman–Crippen MR) is 85.8 cm³/mol. The van der Waals surface area contributed by atoms with E-state index in [1.165, 1.54) is 4.31 Å². The molecule has 0 aromatic rings. The lowest BCUT2D eigenvalue weighted by Crippen LogP contribution is -2.20. The quantitative estimate of drug-likeness (QED) is 0.555. The number of amides is 1. The minimum atomic E-state index is -1.87. The molecule has 10 heteroatoms. The van der Waals surface area contributed by atoms with Gasteiger partial charge in [0.25, 0.3) is 0 Å². The first kappa shape index (κ1) is 15.7. The van der Waals surface area contributed by atoms with Crippen LogP contribution in [-0.2, 0) is 27.6 Å². The van der Waals surface area contributed by atoms with Crippen molar-refractivity contribution in [2.75, 3.05) is 19.6 Å². The summed E-state index contributed by atoms with van der Waals surface area (Å²) in [6.07, 6.45) is 4.27. The fraction of sp³-hybridized carbons (Fsp3) is 0.833. The third-order valence-electron chi connectivity index (χ3n) is 1.91. The van der Waals surface area contributed by atoms with E-state index in [0.717, 1.165) is 0 Å². The number of hydrogen-bond donors (Lipinski definition) is 0. The Morgan fingerprint density at radius 1 is 1.44 bits per heavy atom. The lowest BCUT2D eigenvalue weighted by Gasteiger charge is -2.22. The van der Waals surface area contributed by atoms with Crippen LogP contribution < -0.4 is 0 Å². The van der Waals surface area contributed by atoms with Gasteiger partial charge >= 0.3 is 0 Å². The molecule has 1 saturated heterocycles. The first-order valence-corrected chi connectivity index (χ1v) is 14.5. The van der Waals surface area contributed by atoms with Gasteiger partial charge in [-0.15, -0.1) is 0 Å². The summed E-state index contributed by atoms with van der Waals surface area (Å²) in [4.78, 5) is 11.4. The molecular weight excluding hydrogens is 341 g/mol. The Morgan fingerprint density at radius 2 is 1.94 bits per heavy atom. The van der Waals surface area contributed by atoms with Gasteiger partial charge in [0.1, 0.15) is 16.0 Å². The monoisotopic (exact) mass is 353 g/mol. The van der Waals surface area contributed by atoms with Gasteiger partial charge in [-0.25, -0.2) is 4.21 Å². The van der Waals surface area contributed by atoms with E-state index < -0.39 is 15.4 Å². The van der Waals surface area contributed by atoms with Crippen LogP contribution in [0.2, 0.25) is 0 Å². The van der Waals surface area contributed by atoms with Crippen LogP contribution in [0.1, 0.15) is 6.42 Å². The summed E-state index contributed by atoms with van der Waals surface area (Å²) in [5.41, 5.74) is 0. The highest BCUT2D eigenvalue weighted by atomic mass is 33.6. The third-order valence-corrected chi connectivity index (χ3v) is 25.0. The molecule has 0 bridgehead atoms. The van der Waals surface area contributed by atoms with Crippen molar-refractivity contribution >= 4 is 75.6 Å². The maximum Gasteiger partial charge on any atom is 0.235 e. The molecule has 0 aliphatic carbocycles. The van der Waals surface area contributed by atoms with Crippen LogP contribution in [0, 0.1) is 0 Å². The fourth-order valence-corrected chi connectivity index (χ4v) is 25.8. The van der Waals surface area contributed by atoms with Gasteiger partial charge in [-0.1, -0.05) is 33.4 Å². The highest BCUT2D eigenvalue weighted by molar-refractivity contribution is 9.28. The van der Waals surface area contributed by atoms with Crippen LogP contribution in [0.4, 0.5) is 0 Å². The Morgan fingerprint density at radius 3 is 2.25 bits per heavy atom. The second-order valence-corrected chi connectivity index (χ2v) is 20.4. The average Bonchev–Trinajstić information content (AvgIpc) is 2.47. The van der Waals surface area contributed by atoms with Gasteiger partial charge in [0.15, 0.2) is 0 Å². The first-order chi connectivity index (χ1) is 7.46. The van der Waals surface area contributed by atoms with Crippen molar-refractivity contribution in [3.05, 3.63) is 0 Å². The zero-order chi connectivity index (χ0) is 12.3. The lowest BCUT2D eigenvalue weighted by atomic mass is 10.5. The molecule has 1 amide bonds. The summed E-state index contributed by atoms with van der Waals surface area (Å²) in [5, 5.41) is 0.